The molecule has 8 heterocycles. The minimum Gasteiger partial charge on any atom is -0.383 e. The predicted molar refractivity (Wildman–Crippen MR) is 251 cm³/mol. The molecule has 1 unspecified atom stereocenters. The summed E-state index contributed by atoms with van der Waals surface area (Å²) in [4.78, 5) is 85.1. The number of piperidine rings is 3. The molecule has 3 atom stereocenters. The van der Waals surface area contributed by atoms with Crippen LogP contribution in [0.2, 0.25) is 0 Å². The average molecular weight is 937 g/mol. The first kappa shape index (κ1) is 46.0. The van der Waals surface area contributed by atoms with Crippen molar-refractivity contribution < 1.29 is 32.8 Å². The van der Waals surface area contributed by atoms with Crippen LogP contribution >= 0.6 is 0 Å². The Balaban J connectivity index is 0.657. The van der Waals surface area contributed by atoms with Crippen molar-refractivity contribution in [2.24, 2.45) is 17.3 Å². The SMILES string of the molecule is CC1(C)CCN(Cc2cc(F)c(N3CC(=O)NC4(CCN(c5cc(NCCN6C[C@@H]7CN(CCNc8cccc9c8C(=O)N(C8CCC(=O)NC8=O)C9=O)C[C@@H]7C6)ncn5)CC4)C3)cc2F)CC1. The Morgan fingerprint density at radius 2 is 1.47 bits per heavy atom. The summed E-state index contributed by atoms with van der Waals surface area (Å²) in [6.07, 6.45) is 5.07. The number of carbonyl (C=O) groups excluding carboxylic acids is 5. The second-order valence-electron chi connectivity index (χ2n) is 20.8. The van der Waals surface area contributed by atoms with Crippen molar-refractivity contribution >= 4 is 52.5 Å². The molecule has 0 radical (unpaired) electrons. The Labute approximate surface area is 395 Å². The van der Waals surface area contributed by atoms with E-state index in [1.165, 1.54) is 12.1 Å². The molecule has 4 N–H and O–H groups in total. The lowest BCUT2D eigenvalue weighted by Gasteiger charge is -2.48. The number of piperazine rings is 1. The van der Waals surface area contributed by atoms with Crippen LogP contribution in [0.1, 0.15) is 78.7 Å². The van der Waals surface area contributed by atoms with E-state index in [0.29, 0.717) is 68.7 Å². The summed E-state index contributed by atoms with van der Waals surface area (Å²) in [5.41, 5.74) is 1.29. The predicted octanol–water partition coefficient (Wildman–Crippen LogP) is 3.14. The lowest BCUT2D eigenvalue weighted by atomic mass is 9.82. The van der Waals surface area contributed by atoms with E-state index in [-0.39, 0.29) is 47.5 Å². The van der Waals surface area contributed by atoms with E-state index in [1.807, 2.05) is 6.07 Å². The second kappa shape index (κ2) is 18.6. The molecule has 6 fully saturated rings. The van der Waals surface area contributed by atoms with Crippen LogP contribution in [0.25, 0.3) is 0 Å². The van der Waals surface area contributed by atoms with Crippen LogP contribution < -0.4 is 31.1 Å². The van der Waals surface area contributed by atoms with Crippen LogP contribution in [0.3, 0.4) is 0 Å². The van der Waals surface area contributed by atoms with Gasteiger partial charge in [0.25, 0.3) is 11.8 Å². The van der Waals surface area contributed by atoms with Gasteiger partial charge in [0.05, 0.1) is 28.9 Å². The minimum absolute atomic E-state index is 0.0243. The third-order valence-electron chi connectivity index (χ3n) is 15.6. The van der Waals surface area contributed by atoms with Gasteiger partial charge in [0.2, 0.25) is 17.7 Å². The molecule has 17 nitrogen and oxygen atoms in total. The minimum atomic E-state index is -1.00. The lowest BCUT2D eigenvalue weighted by molar-refractivity contribution is -0.136. The van der Waals surface area contributed by atoms with Crippen LogP contribution in [0.5, 0.6) is 0 Å². The summed E-state index contributed by atoms with van der Waals surface area (Å²) in [6, 6.07) is 8.68. The number of nitrogens with zero attached hydrogens (tertiary/aromatic N) is 8. The van der Waals surface area contributed by atoms with Crippen molar-refractivity contribution in [1.82, 2.24) is 40.2 Å². The molecule has 3 aromatic rings. The Morgan fingerprint density at radius 3 is 2.18 bits per heavy atom. The Morgan fingerprint density at radius 1 is 0.765 bits per heavy atom. The number of amides is 5. The van der Waals surface area contributed by atoms with Gasteiger partial charge in [0.15, 0.2) is 0 Å². The fourth-order valence-corrected chi connectivity index (χ4v) is 11.6. The lowest BCUT2D eigenvalue weighted by Crippen LogP contribution is -2.66. The summed E-state index contributed by atoms with van der Waals surface area (Å²) in [6.45, 7) is 15.2. The van der Waals surface area contributed by atoms with Crippen molar-refractivity contribution in [3.8, 4) is 0 Å². The van der Waals surface area contributed by atoms with E-state index < -0.39 is 46.8 Å². The van der Waals surface area contributed by atoms with Gasteiger partial charge in [-0.15, -0.1) is 0 Å². The standard InChI is InChI=1S/C49H62F2N12O5/c1-48(2)8-14-58(15-9-48)23-31-20-36(51)39(21-35(31)50)62-28-43(65)57-49(29-62)10-16-61(17-11-49)41-22-40(54-30-55-41)53-13-19-60-26-32-24-59(25-33(32)27-60)18-12-52-37-5-3-4-34-44(37)47(68)63(46(34)67)38-6-7-42(64)56-45(38)66/h3-5,20-22,30,32-33,38,52H,6-19,23-29H2,1-2H3,(H,57,65)(H,53,54,55)(H,56,64,66)/t32-,33+,38?. The number of benzene rings is 2. The van der Waals surface area contributed by atoms with E-state index in [4.69, 9.17) is 0 Å². The topological polar surface area (TPSA) is 179 Å². The summed E-state index contributed by atoms with van der Waals surface area (Å²) < 4.78 is 31.2. The summed E-state index contributed by atoms with van der Waals surface area (Å²) in [5, 5.41) is 12.3. The molecule has 0 bridgehead atoms. The highest BCUT2D eigenvalue weighted by Gasteiger charge is 2.46. The van der Waals surface area contributed by atoms with Gasteiger partial charge in [-0.25, -0.2) is 18.7 Å². The first-order valence-corrected chi connectivity index (χ1v) is 24.3. The summed E-state index contributed by atoms with van der Waals surface area (Å²) in [7, 11) is 0. The molecule has 6 saturated heterocycles. The molecular weight excluding hydrogens is 875 g/mol. The Kier molecular flexibility index (Phi) is 12.6. The van der Waals surface area contributed by atoms with Crippen LogP contribution in [0, 0.1) is 28.9 Å². The molecule has 0 aliphatic carbocycles. The molecular formula is C49H62F2N12O5. The molecule has 1 aromatic heterocycles. The van der Waals surface area contributed by atoms with E-state index in [0.717, 1.165) is 88.3 Å². The third kappa shape index (κ3) is 9.48. The van der Waals surface area contributed by atoms with Gasteiger partial charge in [-0.3, -0.25) is 39.1 Å². The highest BCUT2D eigenvalue weighted by molar-refractivity contribution is 6.25. The number of halogens is 2. The maximum absolute atomic E-state index is 15.7. The van der Waals surface area contributed by atoms with E-state index in [9.17, 15) is 24.0 Å². The first-order chi connectivity index (χ1) is 32.7. The van der Waals surface area contributed by atoms with Crippen LogP contribution in [0.4, 0.5) is 31.8 Å². The number of nitrogens with one attached hydrogen (secondary N) is 4. The number of carbonyl (C=O) groups is 5. The number of likely N-dealkylation sites (tertiary alicyclic amines) is 3. The molecule has 7 aliphatic rings. The van der Waals surface area contributed by atoms with Crippen LogP contribution in [-0.2, 0) is 20.9 Å². The first-order valence-electron chi connectivity index (χ1n) is 24.3. The third-order valence-corrected chi connectivity index (χ3v) is 15.6. The fraction of sp³-hybridized carbons (Fsp3) is 0.571. The maximum atomic E-state index is 15.7. The number of hydrogen-bond donors (Lipinski definition) is 4. The smallest absolute Gasteiger partial charge is 0.264 e. The quantitative estimate of drug-likeness (QED) is 0.184. The molecule has 10 rings (SSSR count). The van der Waals surface area contributed by atoms with Gasteiger partial charge in [-0.05, 0) is 80.6 Å². The number of anilines is 4. The summed E-state index contributed by atoms with van der Waals surface area (Å²) >= 11 is 0. The van der Waals surface area contributed by atoms with E-state index in [1.54, 1.807) is 29.4 Å². The van der Waals surface area contributed by atoms with Gasteiger partial charge in [-0.1, -0.05) is 19.9 Å². The number of imide groups is 2. The molecule has 1 spiro atoms. The van der Waals surface area contributed by atoms with E-state index in [2.05, 4.69) is 64.7 Å². The molecule has 5 amide bonds. The number of aromatic nitrogens is 2. The Hall–Kier alpha value is -5.79. The van der Waals surface area contributed by atoms with Gasteiger partial charge < -0.3 is 35.6 Å². The molecule has 7 aliphatic heterocycles. The number of hydrogen-bond acceptors (Lipinski definition) is 14. The van der Waals surface area contributed by atoms with Crippen molar-refractivity contribution in [2.45, 2.75) is 70.5 Å². The molecule has 2 aromatic carbocycles. The zero-order valence-corrected chi connectivity index (χ0v) is 39.0. The zero-order valence-electron chi connectivity index (χ0n) is 39.0. The zero-order chi connectivity index (χ0) is 47.3. The van der Waals surface area contributed by atoms with Gasteiger partial charge in [0.1, 0.15) is 35.6 Å². The van der Waals surface area contributed by atoms with Crippen molar-refractivity contribution in [3.63, 3.8) is 0 Å². The number of rotatable bonds is 13. The van der Waals surface area contributed by atoms with Gasteiger partial charge >= 0.3 is 0 Å². The highest BCUT2D eigenvalue weighted by Crippen LogP contribution is 2.36. The van der Waals surface area contributed by atoms with Gasteiger partial charge in [-0.2, -0.15) is 0 Å². The van der Waals surface area contributed by atoms with Crippen molar-refractivity contribution in [3.05, 3.63) is 71.1 Å². The largest absolute Gasteiger partial charge is 0.383 e. The average Bonchev–Trinajstić information content (AvgIpc) is 3.95. The van der Waals surface area contributed by atoms with Crippen molar-refractivity contribution in [1.29, 1.82) is 0 Å². The normalized spacial score (nSPS) is 25.2. The van der Waals surface area contributed by atoms with Crippen LogP contribution in [-0.4, -0.2) is 162 Å². The molecule has 19 heteroatoms. The van der Waals surface area contributed by atoms with Crippen LogP contribution in [0.15, 0.2) is 42.7 Å². The number of fused-ring (bicyclic) bond motifs is 2. The highest BCUT2D eigenvalue weighted by atomic mass is 19.1. The molecule has 0 saturated carbocycles. The monoisotopic (exact) mass is 936 g/mol. The maximum Gasteiger partial charge on any atom is 0.264 e. The summed E-state index contributed by atoms with van der Waals surface area (Å²) in [5.74, 6) is -0.516. The molecule has 362 valence electrons. The van der Waals surface area contributed by atoms with E-state index >= 15 is 8.78 Å². The Bertz CT molecular complexity index is 2460. The van der Waals surface area contributed by atoms with Gasteiger partial charge in [0, 0.05) is 108 Å². The van der Waals surface area contributed by atoms with Crippen molar-refractivity contribution in [2.75, 3.05) is 112 Å². The molecule has 68 heavy (non-hydrogen) atoms. The second-order valence-corrected chi connectivity index (χ2v) is 20.8. The fourth-order valence-electron chi connectivity index (χ4n) is 11.6.